The molecule has 1 aromatic rings. The van der Waals surface area contributed by atoms with Crippen LogP contribution in [0.2, 0.25) is 0 Å². The Labute approximate surface area is 107 Å². The number of nitrogens with zero attached hydrogens (tertiary/aromatic N) is 1. The number of hydrogen-bond acceptors (Lipinski definition) is 3. The Bertz CT molecular complexity index is 445. The van der Waals surface area contributed by atoms with Gasteiger partial charge in [0.05, 0.1) is 11.3 Å². The molecule has 0 aromatic heterocycles. The monoisotopic (exact) mass is 249 g/mol. The Morgan fingerprint density at radius 1 is 1.50 bits per heavy atom. The molecule has 0 radical (unpaired) electrons. The van der Waals surface area contributed by atoms with Crippen molar-refractivity contribution in [2.75, 3.05) is 24.6 Å². The number of benzene rings is 1. The van der Waals surface area contributed by atoms with Gasteiger partial charge in [-0.1, -0.05) is 11.6 Å². The van der Waals surface area contributed by atoms with E-state index in [-0.39, 0.29) is 12.5 Å². The fourth-order valence-electron chi connectivity index (χ4n) is 2.53. The van der Waals surface area contributed by atoms with Crippen molar-refractivity contribution in [2.45, 2.75) is 19.8 Å². The number of aliphatic hydroxyl groups is 1. The highest BCUT2D eigenvalue weighted by atomic mass is 16.4. The third-order valence-electron chi connectivity index (χ3n) is 3.50. The molecule has 1 atom stereocenters. The van der Waals surface area contributed by atoms with Crippen molar-refractivity contribution in [1.82, 2.24) is 0 Å². The zero-order chi connectivity index (χ0) is 13.1. The second kappa shape index (κ2) is 5.40. The molecule has 4 heteroatoms. The summed E-state index contributed by atoms with van der Waals surface area (Å²) in [5, 5.41) is 18.5. The quantitative estimate of drug-likeness (QED) is 0.859. The lowest BCUT2D eigenvalue weighted by Gasteiger charge is -2.34. The molecule has 1 aromatic carbocycles. The molecule has 1 heterocycles. The number of piperidine rings is 1. The molecule has 1 fully saturated rings. The number of aliphatic hydroxyl groups excluding tert-OH is 1. The van der Waals surface area contributed by atoms with Crippen molar-refractivity contribution in [3.63, 3.8) is 0 Å². The predicted octanol–water partition coefficient (Wildman–Crippen LogP) is 1.90. The number of carboxylic acids is 1. The van der Waals surface area contributed by atoms with Crippen LogP contribution in [0.15, 0.2) is 18.2 Å². The molecule has 1 unspecified atom stereocenters. The first-order valence-corrected chi connectivity index (χ1v) is 6.31. The smallest absolute Gasteiger partial charge is 0.337 e. The fourth-order valence-corrected chi connectivity index (χ4v) is 2.53. The third-order valence-corrected chi connectivity index (χ3v) is 3.50. The maximum atomic E-state index is 11.3. The minimum atomic E-state index is -0.889. The zero-order valence-corrected chi connectivity index (χ0v) is 10.6. The first kappa shape index (κ1) is 12.9. The summed E-state index contributed by atoms with van der Waals surface area (Å²) < 4.78 is 0. The Morgan fingerprint density at radius 3 is 2.94 bits per heavy atom. The molecule has 1 saturated heterocycles. The molecule has 2 N–H and O–H groups in total. The van der Waals surface area contributed by atoms with E-state index in [0.29, 0.717) is 5.56 Å². The van der Waals surface area contributed by atoms with Crippen molar-refractivity contribution < 1.29 is 15.0 Å². The highest BCUT2D eigenvalue weighted by Gasteiger charge is 2.23. The van der Waals surface area contributed by atoms with Crippen LogP contribution in [0.3, 0.4) is 0 Å². The minimum absolute atomic E-state index is 0.171. The standard InChI is InChI=1S/C14H19NO3/c1-10-4-5-13(12(7-10)14(17)18)15-6-2-3-11(8-15)9-16/h4-5,7,11,16H,2-3,6,8-9H2,1H3,(H,17,18). The third kappa shape index (κ3) is 2.64. The number of hydrogen-bond donors (Lipinski definition) is 2. The Morgan fingerprint density at radius 2 is 2.28 bits per heavy atom. The summed E-state index contributed by atoms with van der Waals surface area (Å²) in [5.41, 5.74) is 2.08. The molecule has 1 aliphatic rings. The van der Waals surface area contributed by atoms with Crippen LogP contribution in [-0.4, -0.2) is 35.9 Å². The summed E-state index contributed by atoms with van der Waals surface area (Å²) in [6.07, 6.45) is 2.01. The van der Waals surface area contributed by atoms with Gasteiger partial charge < -0.3 is 15.1 Å². The van der Waals surface area contributed by atoms with Crippen LogP contribution < -0.4 is 4.90 Å². The van der Waals surface area contributed by atoms with Gasteiger partial charge in [-0.25, -0.2) is 4.79 Å². The topological polar surface area (TPSA) is 60.8 Å². The van der Waals surface area contributed by atoms with E-state index in [1.165, 1.54) is 0 Å². The lowest BCUT2D eigenvalue weighted by atomic mass is 9.97. The number of carbonyl (C=O) groups is 1. The van der Waals surface area contributed by atoms with Crippen molar-refractivity contribution in [3.05, 3.63) is 29.3 Å². The molecule has 0 bridgehead atoms. The van der Waals surface area contributed by atoms with E-state index in [1.807, 2.05) is 19.1 Å². The van der Waals surface area contributed by atoms with E-state index in [1.54, 1.807) is 6.07 Å². The van der Waals surface area contributed by atoms with Crippen LogP contribution in [0.4, 0.5) is 5.69 Å². The highest BCUT2D eigenvalue weighted by molar-refractivity contribution is 5.94. The average Bonchev–Trinajstić information content (AvgIpc) is 2.38. The summed E-state index contributed by atoms with van der Waals surface area (Å²) in [5.74, 6) is -0.637. The van der Waals surface area contributed by atoms with Crippen LogP contribution >= 0.6 is 0 Å². The van der Waals surface area contributed by atoms with Crippen molar-refractivity contribution in [2.24, 2.45) is 5.92 Å². The summed E-state index contributed by atoms with van der Waals surface area (Å²) in [6.45, 7) is 3.66. The highest BCUT2D eigenvalue weighted by Crippen LogP contribution is 2.27. The van der Waals surface area contributed by atoms with E-state index >= 15 is 0 Å². The maximum Gasteiger partial charge on any atom is 0.337 e. The summed E-state index contributed by atoms with van der Waals surface area (Å²) in [4.78, 5) is 13.4. The van der Waals surface area contributed by atoms with Crippen LogP contribution in [0, 0.1) is 12.8 Å². The molecule has 0 aliphatic carbocycles. The van der Waals surface area contributed by atoms with Gasteiger partial charge >= 0.3 is 5.97 Å². The fraction of sp³-hybridized carbons (Fsp3) is 0.500. The van der Waals surface area contributed by atoms with E-state index in [0.717, 1.165) is 37.2 Å². The first-order valence-electron chi connectivity index (χ1n) is 6.31. The first-order chi connectivity index (χ1) is 8.61. The molecular formula is C14H19NO3. The zero-order valence-electron chi connectivity index (χ0n) is 10.6. The van der Waals surface area contributed by atoms with Crippen molar-refractivity contribution in [1.29, 1.82) is 0 Å². The van der Waals surface area contributed by atoms with E-state index < -0.39 is 5.97 Å². The minimum Gasteiger partial charge on any atom is -0.478 e. The van der Waals surface area contributed by atoms with Gasteiger partial charge in [0.1, 0.15) is 0 Å². The molecule has 0 spiro atoms. The number of aryl methyl sites for hydroxylation is 1. The van der Waals surface area contributed by atoms with Gasteiger partial charge in [0.25, 0.3) is 0 Å². The van der Waals surface area contributed by atoms with Gasteiger partial charge in [-0.05, 0) is 37.8 Å². The number of aromatic carboxylic acids is 1. The average molecular weight is 249 g/mol. The number of rotatable bonds is 3. The van der Waals surface area contributed by atoms with E-state index in [2.05, 4.69) is 4.90 Å². The van der Waals surface area contributed by atoms with Gasteiger partial charge in [-0.2, -0.15) is 0 Å². The Balaban J connectivity index is 2.29. The molecule has 98 valence electrons. The van der Waals surface area contributed by atoms with Gasteiger partial charge in [-0.3, -0.25) is 0 Å². The normalized spacial score (nSPS) is 19.9. The van der Waals surface area contributed by atoms with Crippen LogP contribution in [-0.2, 0) is 0 Å². The summed E-state index contributed by atoms with van der Waals surface area (Å²) in [7, 11) is 0. The lowest BCUT2D eigenvalue weighted by molar-refractivity contribution is 0.0697. The van der Waals surface area contributed by atoms with Gasteiger partial charge in [0.15, 0.2) is 0 Å². The van der Waals surface area contributed by atoms with Gasteiger partial charge in [-0.15, -0.1) is 0 Å². The molecule has 4 nitrogen and oxygen atoms in total. The molecule has 1 aliphatic heterocycles. The molecule has 2 rings (SSSR count). The summed E-state index contributed by atoms with van der Waals surface area (Å²) >= 11 is 0. The number of carboxylic acid groups (broad SMARTS) is 1. The van der Waals surface area contributed by atoms with E-state index in [9.17, 15) is 15.0 Å². The van der Waals surface area contributed by atoms with Crippen LogP contribution in [0.1, 0.15) is 28.8 Å². The second-order valence-corrected chi connectivity index (χ2v) is 4.96. The second-order valence-electron chi connectivity index (χ2n) is 4.96. The van der Waals surface area contributed by atoms with Gasteiger partial charge in [0, 0.05) is 19.7 Å². The van der Waals surface area contributed by atoms with Crippen LogP contribution in [0.25, 0.3) is 0 Å². The maximum absolute atomic E-state index is 11.3. The Kier molecular flexibility index (Phi) is 3.87. The number of anilines is 1. The SMILES string of the molecule is Cc1ccc(N2CCCC(CO)C2)c(C(=O)O)c1. The molecular weight excluding hydrogens is 230 g/mol. The van der Waals surface area contributed by atoms with Crippen LogP contribution in [0.5, 0.6) is 0 Å². The Hall–Kier alpha value is -1.55. The summed E-state index contributed by atoms with van der Waals surface area (Å²) in [6, 6.07) is 5.52. The molecule has 0 saturated carbocycles. The lowest BCUT2D eigenvalue weighted by Crippen LogP contribution is -2.37. The molecule has 0 amide bonds. The van der Waals surface area contributed by atoms with Gasteiger partial charge in [0.2, 0.25) is 0 Å². The molecule has 18 heavy (non-hydrogen) atoms. The van der Waals surface area contributed by atoms with Crippen molar-refractivity contribution >= 4 is 11.7 Å². The largest absolute Gasteiger partial charge is 0.478 e. The van der Waals surface area contributed by atoms with E-state index in [4.69, 9.17) is 0 Å². The predicted molar refractivity (Wildman–Crippen MR) is 70.2 cm³/mol. The van der Waals surface area contributed by atoms with Crippen molar-refractivity contribution in [3.8, 4) is 0 Å².